The van der Waals surface area contributed by atoms with Crippen LogP contribution in [-0.2, 0) is 4.74 Å². The van der Waals surface area contributed by atoms with Crippen LogP contribution < -0.4 is 9.47 Å². The van der Waals surface area contributed by atoms with Crippen LogP contribution in [0.4, 0.5) is 8.78 Å². The SMILES string of the molecule is COc1ccc(C=Cc2c(F)cccc2F)cc1OC1CCOC1. The predicted molar refractivity (Wildman–Crippen MR) is 88.1 cm³/mol. The van der Waals surface area contributed by atoms with Gasteiger partial charge >= 0.3 is 0 Å². The zero-order chi connectivity index (χ0) is 16.9. The Morgan fingerprint density at radius 1 is 1.08 bits per heavy atom. The van der Waals surface area contributed by atoms with Crippen molar-refractivity contribution in [2.24, 2.45) is 0 Å². The Kier molecular flexibility index (Phi) is 5.11. The van der Waals surface area contributed by atoms with Crippen molar-refractivity contribution in [1.29, 1.82) is 0 Å². The lowest BCUT2D eigenvalue weighted by Gasteiger charge is -2.15. The summed E-state index contributed by atoms with van der Waals surface area (Å²) in [5.41, 5.74) is 0.687. The Balaban J connectivity index is 1.84. The summed E-state index contributed by atoms with van der Waals surface area (Å²) >= 11 is 0. The van der Waals surface area contributed by atoms with Crippen LogP contribution in [0.5, 0.6) is 11.5 Å². The maximum Gasteiger partial charge on any atom is 0.162 e. The summed E-state index contributed by atoms with van der Waals surface area (Å²) in [6, 6.07) is 9.14. The molecule has 1 atom stereocenters. The smallest absolute Gasteiger partial charge is 0.162 e. The summed E-state index contributed by atoms with van der Waals surface area (Å²) in [6.07, 6.45) is 3.86. The fourth-order valence-corrected chi connectivity index (χ4v) is 2.52. The molecule has 5 heteroatoms. The summed E-state index contributed by atoms with van der Waals surface area (Å²) < 4.78 is 43.9. The number of methoxy groups -OCH3 is 1. The van der Waals surface area contributed by atoms with Crippen LogP contribution >= 0.6 is 0 Å². The van der Waals surface area contributed by atoms with Crippen molar-refractivity contribution >= 4 is 12.2 Å². The number of hydrogen-bond acceptors (Lipinski definition) is 3. The highest BCUT2D eigenvalue weighted by Crippen LogP contribution is 2.31. The summed E-state index contributed by atoms with van der Waals surface area (Å²) in [4.78, 5) is 0. The minimum Gasteiger partial charge on any atom is -0.493 e. The molecule has 1 aliphatic heterocycles. The molecule has 3 nitrogen and oxygen atoms in total. The Bertz CT molecular complexity index is 717. The van der Waals surface area contributed by atoms with Crippen LogP contribution in [0.3, 0.4) is 0 Å². The molecule has 0 amide bonds. The average Bonchev–Trinajstić information content (AvgIpc) is 3.08. The van der Waals surface area contributed by atoms with Gasteiger partial charge in [0.2, 0.25) is 0 Å². The molecule has 2 aromatic carbocycles. The van der Waals surface area contributed by atoms with E-state index in [9.17, 15) is 8.78 Å². The number of hydrogen-bond donors (Lipinski definition) is 0. The van der Waals surface area contributed by atoms with Gasteiger partial charge in [-0.25, -0.2) is 8.78 Å². The van der Waals surface area contributed by atoms with E-state index in [2.05, 4.69) is 0 Å². The Labute approximate surface area is 139 Å². The van der Waals surface area contributed by atoms with E-state index in [0.717, 1.165) is 12.0 Å². The average molecular weight is 332 g/mol. The summed E-state index contributed by atoms with van der Waals surface area (Å²) in [7, 11) is 1.57. The molecule has 1 aliphatic rings. The van der Waals surface area contributed by atoms with Crippen molar-refractivity contribution in [2.75, 3.05) is 20.3 Å². The van der Waals surface area contributed by atoms with E-state index < -0.39 is 11.6 Å². The van der Waals surface area contributed by atoms with Crippen molar-refractivity contribution in [3.8, 4) is 11.5 Å². The molecule has 1 saturated heterocycles. The van der Waals surface area contributed by atoms with Gasteiger partial charge in [0, 0.05) is 12.0 Å². The summed E-state index contributed by atoms with van der Waals surface area (Å²) in [6.45, 7) is 1.22. The van der Waals surface area contributed by atoms with Gasteiger partial charge in [0.05, 0.1) is 20.3 Å². The molecule has 0 aliphatic carbocycles. The highest BCUT2D eigenvalue weighted by Gasteiger charge is 2.19. The molecule has 1 fully saturated rings. The maximum absolute atomic E-state index is 13.7. The van der Waals surface area contributed by atoms with Crippen molar-refractivity contribution in [3.63, 3.8) is 0 Å². The topological polar surface area (TPSA) is 27.7 Å². The van der Waals surface area contributed by atoms with Gasteiger partial charge in [-0.1, -0.05) is 18.2 Å². The molecule has 0 N–H and O–H groups in total. The van der Waals surface area contributed by atoms with Crippen molar-refractivity contribution in [3.05, 3.63) is 59.2 Å². The minimum absolute atomic E-state index is 0.0119. The molecule has 1 unspecified atom stereocenters. The predicted octanol–water partition coefficient (Wildman–Crippen LogP) is 4.31. The van der Waals surface area contributed by atoms with Crippen LogP contribution in [0.25, 0.3) is 12.2 Å². The van der Waals surface area contributed by atoms with Gasteiger partial charge < -0.3 is 14.2 Å². The number of rotatable bonds is 5. The van der Waals surface area contributed by atoms with Crippen molar-refractivity contribution < 1.29 is 23.0 Å². The van der Waals surface area contributed by atoms with Gasteiger partial charge in [0.1, 0.15) is 17.7 Å². The number of halogens is 2. The van der Waals surface area contributed by atoms with E-state index in [1.807, 2.05) is 0 Å². The molecular weight excluding hydrogens is 314 g/mol. The molecule has 0 saturated carbocycles. The normalized spacial score (nSPS) is 17.4. The summed E-state index contributed by atoms with van der Waals surface area (Å²) in [5, 5.41) is 0. The van der Waals surface area contributed by atoms with E-state index in [1.165, 1.54) is 24.3 Å². The van der Waals surface area contributed by atoms with Gasteiger partial charge in [0.15, 0.2) is 11.5 Å². The maximum atomic E-state index is 13.7. The molecule has 0 aromatic heterocycles. The highest BCUT2D eigenvalue weighted by molar-refractivity contribution is 5.71. The molecular formula is C19H18F2O3. The first-order valence-corrected chi connectivity index (χ1v) is 7.72. The monoisotopic (exact) mass is 332 g/mol. The lowest BCUT2D eigenvalue weighted by atomic mass is 10.1. The second-order valence-electron chi connectivity index (χ2n) is 5.48. The first-order valence-electron chi connectivity index (χ1n) is 7.72. The lowest BCUT2D eigenvalue weighted by Crippen LogP contribution is -2.16. The van der Waals surface area contributed by atoms with Crippen LogP contribution in [0.15, 0.2) is 36.4 Å². The zero-order valence-electron chi connectivity index (χ0n) is 13.3. The number of benzene rings is 2. The molecule has 1 heterocycles. The molecule has 0 spiro atoms. The molecule has 126 valence electrons. The fourth-order valence-electron chi connectivity index (χ4n) is 2.52. The molecule has 0 radical (unpaired) electrons. The number of ether oxygens (including phenoxy) is 3. The second-order valence-corrected chi connectivity index (χ2v) is 5.48. The Morgan fingerprint density at radius 2 is 1.88 bits per heavy atom. The van der Waals surface area contributed by atoms with Crippen LogP contribution in [0.1, 0.15) is 17.5 Å². The largest absolute Gasteiger partial charge is 0.493 e. The third-order valence-electron chi connectivity index (χ3n) is 3.81. The van der Waals surface area contributed by atoms with E-state index >= 15 is 0 Å². The third kappa shape index (κ3) is 3.74. The van der Waals surface area contributed by atoms with E-state index in [-0.39, 0.29) is 11.7 Å². The van der Waals surface area contributed by atoms with E-state index in [4.69, 9.17) is 14.2 Å². The molecule has 3 rings (SSSR count). The standard InChI is InChI=1S/C19H18F2O3/c1-22-18-8-6-13(11-19(18)24-14-9-10-23-12-14)5-7-15-16(20)3-2-4-17(15)21/h2-8,11,14H,9-10,12H2,1H3. The minimum atomic E-state index is -0.598. The van der Waals surface area contributed by atoms with Crippen molar-refractivity contribution in [1.82, 2.24) is 0 Å². The first-order chi connectivity index (χ1) is 11.7. The Morgan fingerprint density at radius 3 is 2.54 bits per heavy atom. The zero-order valence-corrected chi connectivity index (χ0v) is 13.3. The van der Waals surface area contributed by atoms with Gasteiger partial charge in [-0.05, 0) is 35.9 Å². The summed E-state index contributed by atoms with van der Waals surface area (Å²) in [5.74, 6) is -0.000966. The van der Waals surface area contributed by atoms with Crippen LogP contribution in [0.2, 0.25) is 0 Å². The Hall–Kier alpha value is -2.40. The molecule has 24 heavy (non-hydrogen) atoms. The highest BCUT2D eigenvalue weighted by atomic mass is 19.1. The fraction of sp³-hybridized carbons (Fsp3) is 0.263. The van der Waals surface area contributed by atoms with Gasteiger partial charge in [-0.2, -0.15) is 0 Å². The van der Waals surface area contributed by atoms with Crippen LogP contribution in [0, 0.1) is 11.6 Å². The second kappa shape index (κ2) is 7.45. The molecule has 0 bridgehead atoms. The lowest BCUT2D eigenvalue weighted by molar-refractivity contribution is 0.138. The van der Waals surface area contributed by atoms with Crippen LogP contribution in [-0.4, -0.2) is 26.4 Å². The van der Waals surface area contributed by atoms with Crippen molar-refractivity contribution in [2.45, 2.75) is 12.5 Å². The van der Waals surface area contributed by atoms with Gasteiger partial charge in [-0.3, -0.25) is 0 Å². The van der Waals surface area contributed by atoms with E-state index in [1.54, 1.807) is 31.4 Å². The molecule has 2 aromatic rings. The van der Waals surface area contributed by atoms with Gasteiger partial charge in [0.25, 0.3) is 0 Å². The van der Waals surface area contributed by atoms with E-state index in [0.29, 0.717) is 24.7 Å². The first kappa shape index (κ1) is 16.5. The quantitative estimate of drug-likeness (QED) is 0.764. The van der Waals surface area contributed by atoms with Gasteiger partial charge in [-0.15, -0.1) is 0 Å². The third-order valence-corrected chi connectivity index (χ3v) is 3.81.